The summed E-state index contributed by atoms with van der Waals surface area (Å²) >= 11 is 0. The molecule has 0 spiro atoms. The summed E-state index contributed by atoms with van der Waals surface area (Å²) in [6, 6.07) is 9.53. The van der Waals surface area contributed by atoms with Crippen molar-refractivity contribution >= 4 is 17.8 Å². The molecule has 1 rings (SSSR count). The summed E-state index contributed by atoms with van der Waals surface area (Å²) < 4.78 is 9.84. The second-order valence-corrected chi connectivity index (χ2v) is 6.89. The van der Waals surface area contributed by atoms with Crippen LogP contribution in [0.4, 0.5) is 0 Å². The van der Waals surface area contributed by atoms with Gasteiger partial charge in [0, 0.05) is 19.2 Å². The molecule has 0 saturated heterocycles. The number of ether oxygens (including phenoxy) is 2. The van der Waals surface area contributed by atoms with Crippen LogP contribution >= 0.6 is 0 Å². The maximum absolute atomic E-state index is 13.0. The number of carbonyl (C=O) groups excluding carboxylic acids is 3. The van der Waals surface area contributed by atoms with Crippen molar-refractivity contribution in [1.82, 2.24) is 4.90 Å². The van der Waals surface area contributed by atoms with Crippen LogP contribution in [0.3, 0.4) is 0 Å². The first-order chi connectivity index (χ1) is 14.4. The number of amides is 1. The van der Waals surface area contributed by atoms with Crippen LogP contribution in [0.25, 0.3) is 0 Å². The lowest BCUT2D eigenvalue weighted by Gasteiger charge is -2.23. The Balaban J connectivity index is 3.09. The fourth-order valence-electron chi connectivity index (χ4n) is 2.82. The van der Waals surface area contributed by atoms with Crippen LogP contribution in [-0.2, 0) is 30.4 Å². The molecule has 0 aliphatic rings. The number of unbranched alkanes of at least 4 members (excludes halogenated alkanes) is 2. The Morgan fingerprint density at radius 2 is 1.57 bits per heavy atom. The van der Waals surface area contributed by atoms with Gasteiger partial charge >= 0.3 is 11.9 Å². The third kappa shape index (κ3) is 9.07. The minimum atomic E-state index is -0.870. The summed E-state index contributed by atoms with van der Waals surface area (Å²) in [6.07, 6.45) is 5.04. The molecule has 0 aliphatic carbocycles. The number of carbonyl (C=O) groups is 3. The predicted octanol–water partition coefficient (Wildman–Crippen LogP) is 4.20. The largest absolute Gasteiger partial charge is 0.462 e. The molecule has 6 nitrogen and oxygen atoms in total. The molecule has 0 unspecified atom stereocenters. The van der Waals surface area contributed by atoms with Gasteiger partial charge in [-0.25, -0.2) is 9.59 Å². The molecule has 0 fully saturated rings. The van der Waals surface area contributed by atoms with Gasteiger partial charge in [-0.05, 0) is 32.3 Å². The summed E-state index contributed by atoms with van der Waals surface area (Å²) in [5.74, 6) is -2.21. The molecule has 1 amide bonds. The molecule has 1 aromatic carbocycles. The van der Waals surface area contributed by atoms with Gasteiger partial charge < -0.3 is 14.4 Å². The van der Waals surface area contributed by atoms with Gasteiger partial charge in [0.05, 0.1) is 13.2 Å². The number of esters is 2. The van der Waals surface area contributed by atoms with E-state index in [1.807, 2.05) is 30.3 Å². The number of hydrogen-bond acceptors (Lipinski definition) is 5. The molecular weight excluding hydrogens is 382 g/mol. The first-order valence-electron chi connectivity index (χ1n) is 10.5. The molecule has 1 aromatic rings. The van der Waals surface area contributed by atoms with E-state index < -0.39 is 23.4 Å². The van der Waals surface area contributed by atoms with Crippen molar-refractivity contribution in [3.8, 4) is 0 Å². The third-order valence-corrected chi connectivity index (χ3v) is 4.33. The van der Waals surface area contributed by atoms with E-state index in [9.17, 15) is 14.4 Å². The highest BCUT2D eigenvalue weighted by atomic mass is 16.6. The van der Waals surface area contributed by atoms with Crippen LogP contribution in [0.2, 0.25) is 0 Å². The molecule has 0 atom stereocenters. The van der Waals surface area contributed by atoms with E-state index in [2.05, 4.69) is 13.5 Å². The van der Waals surface area contributed by atoms with Gasteiger partial charge in [0.1, 0.15) is 5.57 Å². The van der Waals surface area contributed by atoms with Gasteiger partial charge in [0.25, 0.3) is 0 Å². The molecule has 0 saturated carbocycles. The van der Waals surface area contributed by atoms with Crippen LogP contribution < -0.4 is 0 Å². The van der Waals surface area contributed by atoms with E-state index in [1.54, 1.807) is 18.7 Å². The molecule has 0 radical (unpaired) electrons. The predicted molar refractivity (Wildman–Crippen MR) is 116 cm³/mol. The molecule has 0 aromatic heterocycles. The van der Waals surface area contributed by atoms with Crippen molar-refractivity contribution in [2.24, 2.45) is 0 Å². The van der Waals surface area contributed by atoms with Crippen molar-refractivity contribution < 1.29 is 23.9 Å². The molecule has 0 bridgehead atoms. The van der Waals surface area contributed by atoms with E-state index in [-0.39, 0.29) is 13.2 Å². The Morgan fingerprint density at radius 1 is 0.967 bits per heavy atom. The zero-order valence-electron chi connectivity index (χ0n) is 18.3. The van der Waals surface area contributed by atoms with Crippen molar-refractivity contribution in [2.45, 2.75) is 53.0 Å². The van der Waals surface area contributed by atoms with Crippen LogP contribution in [-0.4, -0.2) is 42.5 Å². The molecular formula is C24H33NO5. The number of hydrogen-bond donors (Lipinski definition) is 0. The molecule has 0 heterocycles. The van der Waals surface area contributed by atoms with E-state index in [0.29, 0.717) is 13.1 Å². The highest BCUT2D eigenvalue weighted by Crippen LogP contribution is 2.14. The second kappa shape index (κ2) is 14.1. The zero-order chi connectivity index (χ0) is 22.4. The normalized spacial score (nSPS) is 10.1. The van der Waals surface area contributed by atoms with Gasteiger partial charge in [-0.2, -0.15) is 0 Å². The van der Waals surface area contributed by atoms with Gasteiger partial charge in [-0.3, -0.25) is 4.79 Å². The Hall–Kier alpha value is -2.89. The second-order valence-electron chi connectivity index (χ2n) is 6.89. The number of nitrogens with zero attached hydrogens (tertiary/aromatic N) is 1. The topological polar surface area (TPSA) is 72.9 Å². The van der Waals surface area contributed by atoms with Crippen molar-refractivity contribution in [3.05, 3.63) is 59.7 Å². The first kappa shape index (κ1) is 25.1. The fourth-order valence-corrected chi connectivity index (χ4v) is 2.82. The molecule has 30 heavy (non-hydrogen) atoms. The van der Waals surface area contributed by atoms with Crippen LogP contribution in [0.1, 0.15) is 52.0 Å². The maximum atomic E-state index is 13.0. The standard InChI is InChI=1S/C24H33NO5/c1-5-8-10-13-19(4)17-25(18-20-14-11-9-12-15-20)22(26)16-21(23(27)29-6-2)24(28)30-7-3/h9,11-12,14-16H,4-8,10,13,17-18H2,1-3H3. The van der Waals surface area contributed by atoms with Crippen molar-refractivity contribution in [1.29, 1.82) is 0 Å². The minimum absolute atomic E-state index is 0.0890. The number of benzene rings is 1. The van der Waals surface area contributed by atoms with Gasteiger partial charge in [0.15, 0.2) is 0 Å². The molecule has 0 N–H and O–H groups in total. The lowest BCUT2D eigenvalue weighted by atomic mass is 10.1. The fraction of sp³-hybridized carbons (Fsp3) is 0.458. The molecule has 0 aliphatic heterocycles. The van der Waals surface area contributed by atoms with E-state index in [4.69, 9.17) is 9.47 Å². The van der Waals surface area contributed by atoms with Crippen molar-refractivity contribution in [2.75, 3.05) is 19.8 Å². The van der Waals surface area contributed by atoms with Crippen LogP contribution in [0.15, 0.2) is 54.1 Å². The number of rotatable bonds is 13. The maximum Gasteiger partial charge on any atom is 0.345 e. The third-order valence-electron chi connectivity index (χ3n) is 4.33. The van der Waals surface area contributed by atoms with Gasteiger partial charge in [-0.15, -0.1) is 0 Å². The quantitative estimate of drug-likeness (QED) is 0.121. The highest BCUT2D eigenvalue weighted by molar-refractivity contribution is 6.17. The molecule has 164 valence electrons. The average molecular weight is 416 g/mol. The minimum Gasteiger partial charge on any atom is -0.462 e. The summed E-state index contributed by atoms with van der Waals surface area (Å²) in [4.78, 5) is 39.0. The van der Waals surface area contributed by atoms with E-state index >= 15 is 0 Å². The summed E-state index contributed by atoms with van der Waals surface area (Å²) in [5.41, 5.74) is 1.46. The lowest BCUT2D eigenvalue weighted by Crippen LogP contribution is -2.32. The zero-order valence-corrected chi connectivity index (χ0v) is 18.3. The van der Waals surface area contributed by atoms with Crippen LogP contribution in [0, 0.1) is 0 Å². The Bertz CT molecular complexity index is 719. The van der Waals surface area contributed by atoms with E-state index in [1.165, 1.54) is 0 Å². The Morgan fingerprint density at radius 3 is 2.10 bits per heavy atom. The first-order valence-corrected chi connectivity index (χ1v) is 10.5. The average Bonchev–Trinajstić information content (AvgIpc) is 2.72. The highest BCUT2D eigenvalue weighted by Gasteiger charge is 2.24. The monoisotopic (exact) mass is 415 g/mol. The lowest BCUT2D eigenvalue weighted by molar-refractivity contribution is -0.147. The van der Waals surface area contributed by atoms with E-state index in [0.717, 1.165) is 42.9 Å². The Labute approximate surface area is 179 Å². The summed E-state index contributed by atoms with van der Waals surface area (Å²) in [5, 5.41) is 0. The molecule has 6 heteroatoms. The smallest absolute Gasteiger partial charge is 0.345 e. The SMILES string of the molecule is C=C(CCCCC)CN(Cc1ccccc1)C(=O)C=C(C(=O)OCC)C(=O)OCC. The summed E-state index contributed by atoms with van der Waals surface area (Å²) in [7, 11) is 0. The Kier molecular flexibility index (Phi) is 11.9. The van der Waals surface area contributed by atoms with Crippen LogP contribution in [0.5, 0.6) is 0 Å². The van der Waals surface area contributed by atoms with Gasteiger partial charge in [0.2, 0.25) is 5.91 Å². The summed E-state index contributed by atoms with van der Waals surface area (Å²) in [6.45, 7) is 10.3. The van der Waals surface area contributed by atoms with Gasteiger partial charge in [-0.1, -0.05) is 62.2 Å². The van der Waals surface area contributed by atoms with Crippen molar-refractivity contribution in [3.63, 3.8) is 0 Å².